The van der Waals surface area contributed by atoms with Crippen LogP contribution in [0, 0.1) is 0 Å². The van der Waals surface area contributed by atoms with Gasteiger partial charge in [-0.1, -0.05) is 36.4 Å². The smallest absolute Gasteiger partial charge is 0.319 e. The first-order chi connectivity index (χ1) is 20.0. The molecule has 0 radical (unpaired) electrons. The first kappa shape index (κ1) is 28.9. The van der Waals surface area contributed by atoms with E-state index in [1.165, 1.54) is 11.1 Å². The summed E-state index contributed by atoms with van der Waals surface area (Å²) in [4.78, 5) is 14.3. The Morgan fingerprint density at radius 1 is 0.976 bits per heavy atom. The summed E-state index contributed by atoms with van der Waals surface area (Å²) in [5.41, 5.74) is 6.02. The topological polar surface area (TPSA) is 102 Å². The first-order valence-electron chi connectivity index (χ1n) is 14.1. The van der Waals surface area contributed by atoms with Gasteiger partial charge in [0.05, 0.1) is 33.0 Å². The summed E-state index contributed by atoms with van der Waals surface area (Å²) in [7, 11) is 3.33. The Balaban J connectivity index is 1.33. The molecule has 218 valence electrons. The van der Waals surface area contributed by atoms with E-state index >= 15 is 0 Å². The Bertz CT molecular complexity index is 1310. The predicted molar refractivity (Wildman–Crippen MR) is 156 cm³/mol. The number of hydrogen-bond donors (Lipinski definition) is 3. The van der Waals surface area contributed by atoms with Crippen LogP contribution in [0.15, 0.2) is 60.7 Å². The molecule has 2 aliphatic heterocycles. The number of aliphatic hydroxyl groups excluding tert-OH is 1. The molecule has 2 aliphatic rings. The fraction of sp³-hybridized carbons (Fsp3) is 0.406. The number of carbonyl (C=O) groups is 1. The average Bonchev–Trinajstić information content (AvgIpc) is 3.00. The molecule has 3 N–H and O–H groups in total. The molecule has 41 heavy (non-hydrogen) atoms. The number of amides is 2. The molecule has 1 fully saturated rings. The molecular formula is C32H39N3O6. The number of ether oxygens (including phenoxy) is 4. The zero-order chi connectivity index (χ0) is 28.8. The maximum atomic E-state index is 11.9. The van der Waals surface area contributed by atoms with Crippen LogP contribution < -0.4 is 20.1 Å². The molecule has 3 atom stereocenters. The van der Waals surface area contributed by atoms with Crippen molar-refractivity contribution >= 4 is 11.7 Å². The SMILES string of the molecule is CCNC(=O)Nc1ccc([C@@H]2O[C@H](CN3CCc4cc(OC)c(OC)cc4C3)C[C@H](c3ccc(CO)cc3)O2)cc1. The van der Waals surface area contributed by atoms with E-state index in [1.807, 2.05) is 55.5 Å². The van der Waals surface area contributed by atoms with Crippen molar-refractivity contribution in [2.75, 3.05) is 39.2 Å². The van der Waals surface area contributed by atoms with Gasteiger partial charge in [-0.05, 0) is 59.9 Å². The second-order valence-electron chi connectivity index (χ2n) is 10.4. The van der Waals surface area contributed by atoms with E-state index in [0.29, 0.717) is 18.7 Å². The maximum absolute atomic E-state index is 11.9. The van der Waals surface area contributed by atoms with Gasteiger partial charge in [-0.25, -0.2) is 4.79 Å². The third-order valence-corrected chi connectivity index (χ3v) is 7.65. The number of nitrogens with one attached hydrogen (secondary N) is 2. The minimum Gasteiger partial charge on any atom is -0.493 e. The van der Waals surface area contributed by atoms with Gasteiger partial charge in [0.15, 0.2) is 17.8 Å². The van der Waals surface area contributed by atoms with Gasteiger partial charge in [-0.15, -0.1) is 0 Å². The first-order valence-corrected chi connectivity index (χ1v) is 14.1. The third-order valence-electron chi connectivity index (χ3n) is 7.65. The monoisotopic (exact) mass is 561 g/mol. The lowest BCUT2D eigenvalue weighted by Crippen LogP contribution is -2.41. The van der Waals surface area contributed by atoms with Gasteiger partial charge >= 0.3 is 6.03 Å². The number of nitrogens with zero attached hydrogens (tertiary/aromatic N) is 1. The highest BCUT2D eigenvalue weighted by atomic mass is 16.7. The highest BCUT2D eigenvalue weighted by Gasteiger charge is 2.34. The molecule has 2 amide bonds. The quantitative estimate of drug-likeness (QED) is 0.340. The molecule has 9 nitrogen and oxygen atoms in total. The van der Waals surface area contributed by atoms with Gasteiger partial charge in [-0.2, -0.15) is 0 Å². The summed E-state index contributed by atoms with van der Waals surface area (Å²) in [6.07, 6.45) is 0.846. The fourth-order valence-electron chi connectivity index (χ4n) is 5.48. The van der Waals surface area contributed by atoms with Gasteiger partial charge in [0.25, 0.3) is 0 Å². The number of urea groups is 1. The number of anilines is 1. The molecule has 1 saturated heterocycles. The van der Waals surface area contributed by atoms with Crippen molar-refractivity contribution in [3.63, 3.8) is 0 Å². The number of benzene rings is 3. The Morgan fingerprint density at radius 2 is 1.66 bits per heavy atom. The largest absolute Gasteiger partial charge is 0.493 e. The minimum absolute atomic E-state index is 0.00389. The Labute approximate surface area is 241 Å². The van der Waals surface area contributed by atoms with Crippen molar-refractivity contribution in [3.8, 4) is 11.5 Å². The maximum Gasteiger partial charge on any atom is 0.319 e. The van der Waals surface area contributed by atoms with Crippen LogP contribution in [0.5, 0.6) is 11.5 Å². The van der Waals surface area contributed by atoms with Gasteiger partial charge < -0.3 is 34.7 Å². The third kappa shape index (κ3) is 7.00. The van der Waals surface area contributed by atoms with Gasteiger partial charge in [0.2, 0.25) is 0 Å². The lowest BCUT2D eigenvalue weighted by atomic mass is 9.97. The standard InChI is InChI=1S/C32H39N3O6/c1-4-33-32(37)34-26-11-9-23(10-12-26)31-40-27(17-28(41-31)22-7-5-21(20-36)6-8-22)19-35-14-13-24-15-29(38-2)30(39-3)16-25(24)18-35/h5-12,15-16,27-28,31,36H,4,13-14,17-20H2,1-3H3,(H2,33,34,37)/t27-,28+,31+/m0/s1. The van der Waals surface area contributed by atoms with Crippen LogP contribution in [-0.2, 0) is 29.0 Å². The van der Waals surface area contributed by atoms with E-state index in [9.17, 15) is 9.90 Å². The molecule has 0 spiro atoms. The van der Waals surface area contributed by atoms with E-state index in [4.69, 9.17) is 18.9 Å². The van der Waals surface area contributed by atoms with Crippen LogP contribution >= 0.6 is 0 Å². The highest BCUT2D eigenvalue weighted by molar-refractivity contribution is 5.89. The Morgan fingerprint density at radius 3 is 2.32 bits per heavy atom. The molecular weight excluding hydrogens is 522 g/mol. The van der Waals surface area contributed by atoms with Crippen LogP contribution in [0.4, 0.5) is 10.5 Å². The second kappa shape index (κ2) is 13.4. The summed E-state index contributed by atoms with van der Waals surface area (Å²) in [5, 5.41) is 15.1. The summed E-state index contributed by atoms with van der Waals surface area (Å²) in [5.74, 6) is 1.50. The van der Waals surface area contributed by atoms with E-state index < -0.39 is 6.29 Å². The summed E-state index contributed by atoms with van der Waals surface area (Å²) < 4.78 is 24.1. The van der Waals surface area contributed by atoms with E-state index in [2.05, 4.69) is 27.7 Å². The van der Waals surface area contributed by atoms with Crippen LogP contribution in [0.3, 0.4) is 0 Å². The molecule has 5 rings (SSSR count). The van der Waals surface area contributed by atoms with Gasteiger partial charge in [0.1, 0.15) is 0 Å². The lowest BCUT2D eigenvalue weighted by Gasteiger charge is -2.39. The van der Waals surface area contributed by atoms with Crippen molar-refractivity contribution in [2.24, 2.45) is 0 Å². The molecule has 0 bridgehead atoms. The minimum atomic E-state index is -0.559. The Hall–Kier alpha value is -3.63. The van der Waals surface area contributed by atoms with Crippen molar-refractivity contribution in [2.45, 2.75) is 51.4 Å². The van der Waals surface area contributed by atoms with Gasteiger partial charge in [-0.3, -0.25) is 4.90 Å². The average molecular weight is 562 g/mol. The highest BCUT2D eigenvalue weighted by Crippen LogP contribution is 2.39. The fourth-order valence-corrected chi connectivity index (χ4v) is 5.48. The Kier molecular flexibility index (Phi) is 9.41. The van der Waals surface area contributed by atoms with Crippen LogP contribution in [0.1, 0.15) is 53.6 Å². The van der Waals surface area contributed by atoms with E-state index in [0.717, 1.165) is 54.2 Å². The van der Waals surface area contributed by atoms with E-state index in [1.54, 1.807) is 14.2 Å². The molecule has 0 aromatic heterocycles. The summed E-state index contributed by atoms with van der Waals surface area (Å²) >= 11 is 0. The van der Waals surface area contributed by atoms with Crippen molar-refractivity contribution in [3.05, 3.63) is 88.5 Å². The molecule has 2 heterocycles. The number of rotatable bonds is 9. The number of carbonyl (C=O) groups excluding carboxylic acids is 1. The van der Waals surface area contributed by atoms with E-state index in [-0.39, 0.29) is 24.8 Å². The zero-order valence-electron chi connectivity index (χ0n) is 23.9. The number of hydrogen-bond acceptors (Lipinski definition) is 7. The summed E-state index contributed by atoms with van der Waals surface area (Å²) in [6, 6.07) is 19.4. The molecule has 3 aromatic rings. The normalized spacial score (nSPS) is 20.6. The zero-order valence-corrected chi connectivity index (χ0v) is 23.9. The number of fused-ring (bicyclic) bond motifs is 1. The van der Waals surface area contributed by atoms with Crippen molar-refractivity contribution in [1.82, 2.24) is 10.2 Å². The van der Waals surface area contributed by atoms with Crippen molar-refractivity contribution < 1.29 is 28.8 Å². The summed E-state index contributed by atoms with van der Waals surface area (Å²) in [6.45, 7) is 4.92. The molecule has 0 unspecified atom stereocenters. The molecule has 9 heteroatoms. The predicted octanol–water partition coefficient (Wildman–Crippen LogP) is 4.94. The van der Waals surface area contributed by atoms with Crippen LogP contribution in [-0.4, -0.2) is 56.0 Å². The molecule has 0 aliphatic carbocycles. The number of methoxy groups -OCH3 is 2. The number of aliphatic hydroxyl groups is 1. The molecule has 3 aromatic carbocycles. The lowest BCUT2D eigenvalue weighted by molar-refractivity contribution is -0.253. The van der Waals surface area contributed by atoms with Crippen LogP contribution in [0.25, 0.3) is 0 Å². The van der Waals surface area contributed by atoms with Gasteiger partial charge in [0, 0.05) is 43.9 Å². The molecule has 0 saturated carbocycles. The van der Waals surface area contributed by atoms with Crippen LogP contribution in [0.2, 0.25) is 0 Å². The second-order valence-corrected chi connectivity index (χ2v) is 10.4. The van der Waals surface area contributed by atoms with Crippen molar-refractivity contribution in [1.29, 1.82) is 0 Å².